The number of carbonyl (C=O) groups excluding carboxylic acids is 1. The van der Waals surface area contributed by atoms with Crippen molar-refractivity contribution >= 4 is 17.3 Å². The van der Waals surface area contributed by atoms with Gasteiger partial charge in [0.05, 0.1) is 0 Å². The van der Waals surface area contributed by atoms with Crippen molar-refractivity contribution in [2.24, 2.45) is 0 Å². The van der Waals surface area contributed by atoms with Gasteiger partial charge in [-0.1, -0.05) is 23.8 Å². The van der Waals surface area contributed by atoms with Gasteiger partial charge >= 0.3 is 0 Å². The second kappa shape index (κ2) is 5.14. The molecule has 0 spiro atoms. The van der Waals surface area contributed by atoms with E-state index >= 15 is 0 Å². The zero-order valence-electron chi connectivity index (χ0n) is 11.4. The molecule has 0 radical (unpaired) electrons. The summed E-state index contributed by atoms with van der Waals surface area (Å²) in [5.41, 5.74) is 10.9. The molecule has 0 fully saturated rings. The lowest BCUT2D eigenvalue weighted by Crippen LogP contribution is -2.14. The Balaban J connectivity index is 2.31. The quantitative estimate of drug-likeness (QED) is 0.806. The molecule has 3 N–H and O–H groups in total. The van der Waals surface area contributed by atoms with Crippen LogP contribution in [0.25, 0.3) is 0 Å². The monoisotopic (exact) mass is 254 g/mol. The molecule has 0 atom stereocenters. The minimum atomic E-state index is -0.102. The minimum absolute atomic E-state index is 0.102. The van der Waals surface area contributed by atoms with Crippen molar-refractivity contribution in [3.05, 3.63) is 58.7 Å². The van der Waals surface area contributed by atoms with Crippen LogP contribution in [0.4, 0.5) is 11.4 Å². The zero-order valence-corrected chi connectivity index (χ0v) is 11.4. The van der Waals surface area contributed by atoms with E-state index in [1.165, 1.54) is 0 Å². The Hall–Kier alpha value is -2.29. The topological polar surface area (TPSA) is 55.1 Å². The second-order valence-corrected chi connectivity index (χ2v) is 4.79. The van der Waals surface area contributed by atoms with Gasteiger partial charge in [-0.25, -0.2) is 0 Å². The minimum Gasteiger partial charge on any atom is -0.398 e. The van der Waals surface area contributed by atoms with Crippen molar-refractivity contribution in [2.75, 3.05) is 11.1 Å². The van der Waals surface area contributed by atoms with Crippen LogP contribution in [0.2, 0.25) is 0 Å². The molecule has 3 nitrogen and oxygen atoms in total. The molecule has 1 amide bonds. The van der Waals surface area contributed by atoms with Gasteiger partial charge in [0.25, 0.3) is 5.91 Å². The summed E-state index contributed by atoms with van der Waals surface area (Å²) in [6.45, 7) is 5.80. The Morgan fingerprint density at radius 2 is 1.84 bits per heavy atom. The number of rotatable bonds is 2. The average Bonchev–Trinajstić information content (AvgIpc) is 2.38. The van der Waals surface area contributed by atoms with E-state index in [0.717, 1.165) is 22.4 Å². The number of carbonyl (C=O) groups is 1. The molecule has 0 aromatic heterocycles. The summed E-state index contributed by atoms with van der Waals surface area (Å²) in [6.07, 6.45) is 0. The van der Waals surface area contributed by atoms with Gasteiger partial charge in [-0.3, -0.25) is 4.79 Å². The first kappa shape index (κ1) is 13.1. The summed E-state index contributed by atoms with van der Waals surface area (Å²) < 4.78 is 0. The Morgan fingerprint density at radius 3 is 2.58 bits per heavy atom. The van der Waals surface area contributed by atoms with E-state index in [9.17, 15) is 4.79 Å². The lowest BCUT2D eigenvalue weighted by atomic mass is 10.0. The molecule has 2 rings (SSSR count). The maximum absolute atomic E-state index is 12.3. The molecule has 98 valence electrons. The third kappa shape index (κ3) is 2.76. The van der Waals surface area contributed by atoms with Gasteiger partial charge in [0.1, 0.15) is 0 Å². The summed E-state index contributed by atoms with van der Waals surface area (Å²) in [6, 6.07) is 11.4. The van der Waals surface area contributed by atoms with Crippen molar-refractivity contribution in [2.45, 2.75) is 20.8 Å². The standard InChI is InChI=1S/C16H18N2O/c1-10-7-8-11(2)13(9-10)16(19)18-15-6-4-5-14(17)12(15)3/h4-9H,17H2,1-3H3,(H,18,19). The SMILES string of the molecule is Cc1ccc(C)c(C(=O)Nc2cccc(N)c2C)c1. The van der Waals surface area contributed by atoms with Crippen LogP contribution < -0.4 is 11.1 Å². The number of hydrogen-bond acceptors (Lipinski definition) is 2. The summed E-state index contributed by atoms with van der Waals surface area (Å²) >= 11 is 0. The normalized spacial score (nSPS) is 10.3. The molecule has 0 aliphatic heterocycles. The molecule has 0 aliphatic rings. The first-order valence-electron chi connectivity index (χ1n) is 6.22. The van der Waals surface area contributed by atoms with Gasteiger partial charge < -0.3 is 11.1 Å². The Labute approximate surface area is 113 Å². The molecule has 0 heterocycles. The second-order valence-electron chi connectivity index (χ2n) is 4.79. The lowest BCUT2D eigenvalue weighted by molar-refractivity contribution is 0.102. The maximum atomic E-state index is 12.3. The third-order valence-electron chi connectivity index (χ3n) is 3.26. The molecule has 19 heavy (non-hydrogen) atoms. The predicted octanol–water partition coefficient (Wildman–Crippen LogP) is 3.45. The molecule has 0 saturated heterocycles. The summed E-state index contributed by atoms with van der Waals surface area (Å²) in [5.74, 6) is -0.102. The zero-order chi connectivity index (χ0) is 14.0. The van der Waals surface area contributed by atoms with Crippen LogP contribution in [0.3, 0.4) is 0 Å². The number of nitrogens with one attached hydrogen (secondary N) is 1. The van der Waals surface area contributed by atoms with Gasteiger partial charge in [-0.15, -0.1) is 0 Å². The molecule has 3 heteroatoms. The highest BCUT2D eigenvalue weighted by Crippen LogP contribution is 2.21. The highest BCUT2D eigenvalue weighted by molar-refractivity contribution is 6.06. The van der Waals surface area contributed by atoms with Crippen molar-refractivity contribution in [1.29, 1.82) is 0 Å². The third-order valence-corrected chi connectivity index (χ3v) is 3.26. The Kier molecular flexibility index (Phi) is 3.56. The van der Waals surface area contributed by atoms with Gasteiger partial charge in [0.2, 0.25) is 0 Å². The fourth-order valence-electron chi connectivity index (χ4n) is 1.96. The summed E-state index contributed by atoms with van der Waals surface area (Å²) in [7, 11) is 0. The molecular formula is C16H18N2O. The van der Waals surface area contributed by atoms with Crippen LogP contribution in [-0.4, -0.2) is 5.91 Å². The van der Waals surface area contributed by atoms with Crippen LogP contribution >= 0.6 is 0 Å². The highest BCUT2D eigenvalue weighted by atomic mass is 16.1. The number of benzene rings is 2. The van der Waals surface area contributed by atoms with E-state index in [-0.39, 0.29) is 5.91 Å². The van der Waals surface area contributed by atoms with Crippen LogP contribution in [0.1, 0.15) is 27.0 Å². The van der Waals surface area contributed by atoms with E-state index in [2.05, 4.69) is 5.32 Å². The summed E-state index contributed by atoms with van der Waals surface area (Å²) in [4.78, 5) is 12.3. The van der Waals surface area contributed by atoms with Crippen LogP contribution in [0.5, 0.6) is 0 Å². The van der Waals surface area contributed by atoms with E-state index in [1.807, 2.05) is 57.2 Å². The van der Waals surface area contributed by atoms with Crippen molar-refractivity contribution < 1.29 is 4.79 Å². The largest absolute Gasteiger partial charge is 0.398 e. The number of nitrogen functional groups attached to an aromatic ring is 1. The van der Waals surface area contributed by atoms with Crippen molar-refractivity contribution in [3.8, 4) is 0 Å². The number of aryl methyl sites for hydroxylation is 2. The van der Waals surface area contributed by atoms with E-state index < -0.39 is 0 Å². The Bertz CT molecular complexity index is 633. The first-order chi connectivity index (χ1) is 8.99. The average molecular weight is 254 g/mol. The van der Waals surface area contributed by atoms with E-state index in [1.54, 1.807) is 0 Å². The lowest BCUT2D eigenvalue weighted by Gasteiger charge is -2.12. The highest BCUT2D eigenvalue weighted by Gasteiger charge is 2.11. The first-order valence-corrected chi connectivity index (χ1v) is 6.22. The molecule has 0 aliphatic carbocycles. The van der Waals surface area contributed by atoms with Crippen molar-refractivity contribution in [1.82, 2.24) is 0 Å². The van der Waals surface area contributed by atoms with Gasteiger partial charge in [-0.2, -0.15) is 0 Å². The number of anilines is 2. The van der Waals surface area contributed by atoms with Gasteiger partial charge in [-0.05, 0) is 50.1 Å². The number of amides is 1. The van der Waals surface area contributed by atoms with E-state index in [0.29, 0.717) is 11.3 Å². The molecule has 2 aromatic rings. The van der Waals surface area contributed by atoms with Crippen LogP contribution in [-0.2, 0) is 0 Å². The van der Waals surface area contributed by atoms with E-state index in [4.69, 9.17) is 5.73 Å². The molecule has 0 unspecified atom stereocenters. The fraction of sp³-hybridized carbons (Fsp3) is 0.188. The molecular weight excluding hydrogens is 236 g/mol. The van der Waals surface area contributed by atoms with Crippen molar-refractivity contribution in [3.63, 3.8) is 0 Å². The van der Waals surface area contributed by atoms with Crippen LogP contribution in [0.15, 0.2) is 36.4 Å². The molecule has 2 aromatic carbocycles. The fourth-order valence-corrected chi connectivity index (χ4v) is 1.96. The summed E-state index contributed by atoms with van der Waals surface area (Å²) in [5, 5.41) is 2.92. The van der Waals surface area contributed by atoms with Gasteiger partial charge in [0.15, 0.2) is 0 Å². The van der Waals surface area contributed by atoms with Crippen LogP contribution in [0, 0.1) is 20.8 Å². The predicted molar refractivity (Wildman–Crippen MR) is 79.5 cm³/mol. The smallest absolute Gasteiger partial charge is 0.255 e. The molecule has 0 saturated carbocycles. The number of nitrogens with two attached hydrogens (primary N) is 1. The number of hydrogen-bond donors (Lipinski definition) is 2. The maximum Gasteiger partial charge on any atom is 0.255 e. The van der Waals surface area contributed by atoms with Gasteiger partial charge in [0, 0.05) is 16.9 Å². The molecule has 0 bridgehead atoms. The Morgan fingerprint density at radius 1 is 1.11 bits per heavy atom.